The number of benzene rings is 1. The summed E-state index contributed by atoms with van der Waals surface area (Å²) in [5.74, 6) is 0.173. The van der Waals surface area contributed by atoms with Crippen LogP contribution in [0.5, 0.6) is 0 Å². The van der Waals surface area contributed by atoms with Crippen LogP contribution >= 0.6 is 0 Å². The highest BCUT2D eigenvalue weighted by molar-refractivity contribution is 7.90. The lowest BCUT2D eigenvalue weighted by atomic mass is 9.82. The summed E-state index contributed by atoms with van der Waals surface area (Å²) in [4.78, 5) is 0. The molecular formula is C14H17NO2S. The van der Waals surface area contributed by atoms with Gasteiger partial charge in [-0.05, 0) is 36.8 Å². The van der Waals surface area contributed by atoms with E-state index >= 15 is 0 Å². The first-order chi connectivity index (χ1) is 8.44. The molecule has 0 aromatic heterocycles. The summed E-state index contributed by atoms with van der Waals surface area (Å²) < 4.78 is 22.3. The van der Waals surface area contributed by atoms with Crippen molar-refractivity contribution in [2.24, 2.45) is 5.41 Å². The van der Waals surface area contributed by atoms with Crippen molar-refractivity contribution in [2.45, 2.75) is 25.7 Å². The van der Waals surface area contributed by atoms with Gasteiger partial charge in [0.1, 0.15) is 9.84 Å². The first-order valence-corrected chi connectivity index (χ1v) is 8.16. The molecule has 0 atom stereocenters. The Morgan fingerprint density at radius 2 is 1.83 bits per heavy atom. The van der Waals surface area contributed by atoms with Crippen LogP contribution < -0.4 is 0 Å². The van der Waals surface area contributed by atoms with Crippen molar-refractivity contribution >= 4 is 9.84 Å². The summed E-state index contributed by atoms with van der Waals surface area (Å²) in [5, 5.41) is 9.42. The van der Waals surface area contributed by atoms with E-state index in [0.717, 1.165) is 12.8 Å². The minimum Gasteiger partial charge on any atom is -0.229 e. The molecule has 1 aliphatic rings. The Labute approximate surface area is 108 Å². The monoisotopic (exact) mass is 263 g/mol. The molecule has 0 bridgehead atoms. The van der Waals surface area contributed by atoms with Crippen molar-refractivity contribution in [3.63, 3.8) is 0 Å². The molecule has 0 fully saturated rings. The quantitative estimate of drug-likeness (QED) is 0.836. The smallest absolute Gasteiger partial charge is 0.147 e. The molecule has 0 aliphatic heterocycles. The van der Waals surface area contributed by atoms with Crippen LogP contribution in [-0.2, 0) is 22.7 Å². The van der Waals surface area contributed by atoms with Crippen LogP contribution in [-0.4, -0.2) is 20.4 Å². The van der Waals surface area contributed by atoms with Gasteiger partial charge < -0.3 is 0 Å². The van der Waals surface area contributed by atoms with E-state index in [-0.39, 0.29) is 5.75 Å². The summed E-state index contributed by atoms with van der Waals surface area (Å²) in [7, 11) is -2.93. The van der Waals surface area contributed by atoms with E-state index in [9.17, 15) is 13.7 Å². The molecule has 0 unspecified atom stereocenters. The number of nitriles is 1. The van der Waals surface area contributed by atoms with Gasteiger partial charge in [0.05, 0.1) is 11.5 Å². The lowest BCUT2D eigenvalue weighted by Gasteiger charge is -2.19. The molecule has 0 heterocycles. The molecule has 0 saturated heterocycles. The second-order valence-electron chi connectivity index (χ2n) is 5.25. The summed E-state index contributed by atoms with van der Waals surface area (Å²) in [6.45, 7) is 0. The molecule has 0 amide bonds. The fourth-order valence-electron chi connectivity index (χ4n) is 2.68. The Kier molecular flexibility index (Phi) is 3.45. The van der Waals surface area contributed by atoms with E-state index in [1.807, 2.05) is 12.1 Å². The maximum Gasteiger partial charge on any atom is 0.147 e. The predicted octanol–water partition coefficient (Wildman–Crippen LogP) is 2.12. The minimum atomic E-state index is -2.93. The van der Waals surface area contributed by atoms with Gasteiger partial charge in [0.2, 0.25) is 0 Å². The van der Waals surface area contributed by atoms with Crippen LogP contribution in [0, 0.1) is 16.7 Å². The van der Waals surface area contributed by atoms with Gasteiger partial charge in [0, 0.05) is 12.0 Å². The van der Waals surface area contributed by atoms with E-state index in [1.165, 1.54) is 17.4 Å². The molecule has 0 spiro atoms. The first-order valence-electron chi connectivity index (χ1n) is 6.10. The van der Waals surface area contributed by atoms with Crippen molar-refractivity contribution in [3.05, 3.63) is 35.4 Å². The second-order valence-corrected chi connectivity index (χ2v) is 7.51. The molecule has 4 heteroatoms. The zero-order valence-electron chi connectivity index (χ0n) is 10.5. The predicted molar refractivity (Wildman–Crippen MR) is 70.8 cm³/mol. The van der Waals surface area contributed by atoms with Crippen molar-refractivity contribution in [2.75, 3.05) is 12.0 Å². The normalized spacial score (nSPS) is 17.1. The van der Waals surface area contributed by atoms with E-state index in [1.54, 1.807) is 0 Å². The largest absolute Gasteiger partial charge is 0.229 e. The third kappa shape index (κ3) is 2.91. The van der Waals surface area contributed by atoms with Gasteiger partial charge in [0.25, 0.3) is 0 Å². The van der Waals surface area contributed by atoms with Gasteiger partial charge in [-0.3, -0.25) is 0 Å². The van der Waals surface area contributed by atoms with Gasteiger partial charge in [-0.15, -0.1) is 0 Å². The van der Waals surface area contributed by atoms with E-state index < -0.39 is 15.3 Å². The Hall–Kier alpha value is -1.34. The third-order valence-corrected chi connectivity index (χ3v) is 4.61. The molecule has 1 aromatic rings. The highest BCUT2D eigenvalue weighted by atomic mass is 32.2. The minimum absolute atomic E-state index is 0.173. The average Bonchev–Trinajstić information content (AvgIpc) is 2.66. The standard InChI is InChI=1S/C14H17NO2S/c1-18(16,17)8-4-7-14(11-15)9-12-5-2-3-6-13(12)10-14/h2-3,5-6H,4,7-10H2,1H3. The van der Waals surface area contributed by atoms with Gasteiger partial charge in [-0.2, -0.15) is 5.26 Å². The Bertz CT molecular complexity index is 559. The van der Waals surface area contributed by atoms with Crippen LogP contribution in [0.25, 0.3) is 0 Å². The number of hydrogen-bond acceptors (Lipinski definition) is 3. The molecular weight excluding hydrogens is 246 g/mol. The molecule has 3 nitrogen and oxygen atoms in total. The highest BCUT2D eigenvalue weighted by Crippen LogP contribution is 2.39. The molecule has 96 valence electrons. The topological polar surface area (TPSA) is 57.9 Å². The van der Waals surface area contributed by atoms with Gasteiger partial charge in [0.15, 0.2) is 0 Å². The van der Waals surface area contributed by atoms with Gasteiger partial charge in [-0.25, -0.2) is 8.42 Å². The molecule has 18 heavy (non-hydrogen) atoms. The summed E-state index contributed by atoms with van der Waals surface area (Å²) in [6.07, 6.45) is 3.98. The third-order valence-electron chi connectivity index (χ3n) is 3.58. The molecule has 1 aromatic carbocycles. The highest BCUT2D eigenvalue weighted by Gasteiger charge is 2.36. The maximum atomic E-state index is 11.1. The second kappa shape index (κ2) is 4.74. The van der Waals surface area contributed by atoms with Crippen LogP contribution in [0.3, 0.4) is 0 Å². The van der Waals surface area contributed by atoms with Crippen molar-refractivity contribution in [3.8, 4) is 6.07 Å². The van der Waals surface area contributed by atoms with Gasteiger partial charge >= 0.3 is 0 Å². The van der Waals surface area contributed by atoms with E-state index in [4.69, 9.17) is 0 Å². The average molecular weight is 263 g/mol. The molecule has 0 radical (unpaired) electrons. The zero-order valence-corrected chi connectivity index (χ0v) is 11.3. The number of fused-ring (bicyclic) bond motifs is 1. The van der Waals surface area contributed by atoms with Crippen molar-refractivity contribution in [1.82, 2.24) is 0 Å². The molecule has 2 rings (SSSR count). The molecule has 0 N–H and O–H groups in total. The summed E-state index contributed by atoms with van der Waals surface area (Å²) in [5.41, 5.74) is 2.07. The fourth-order valence-corrected chi connectivity index (χ4v) is 3.35. The maximum absolute atomic E-state index is 11.1. The molecule has 0 saturated carbocycles. The Morgan fingerprint density at radius 1 is 1.28 bits per heavy atom. The van der Waals surface area contributed by atoms with Crippen molar-refractivity contribution < 1.29 is 8.42 Å². The number of nitrogens with zero attached hydrogens (tertiary/aromatic N) is 1. The lowest BCUT2D eigenvalue weighted by molar-refractivity contribution is 0.381. The Balaban J connectivity index is 2.06. The number of sulfone groups is 1. The summed E-state index contributed by atoms with van der Waals surface area (Å²) >= 11 is 0. The van der Waals surface area contributed by atoms with Crippen LogP contribution in [0.1, 0.15) is 24.0 Å². The van der Waals surface area contributed by atoms with Gasteiger partial charge in [-0.1, -0.05) is 24.3 Å². The SMILES string of the molecule is CS(=O)(=O)CCCC1(C#N)Cc2ccccc2C1. The van der Waals surface area contributed by atoms with Crippen LogP contribution in [0.15, 0.2) is 24.3 Å². The Morgan fingerprint density at radius 3 is 2.28 bits per heavy atom. The lowest BCUT2D eigenvalue weighted by Crippen LogP contribution is -2.20. The van der Waals surface area contributed by atoms with E-state index in [2.05, 4.69) is 18.2 Å². The van der Waals surface area contributed by atoms with Crippen LogP contribution in [0.2, 0.25) is 0 Å². The number of hydrogen-bond donors (Lipinski definition) is 0. The zero-order chi connectivity index (χ0) is 13.2. The first kappa shape index (κ1) is 13.1. The van der Waals surface area contributed by atoms with Crippen molar-refractivity contribution in [1.29, 1.82) is 5.26 Å². The molecule has 1 aliphatic carbocycles. The van der Waals surface area contributed by atoms with E-state index in [0.29, 0.717) is 12.8 Å². The fraction of sp³-hybridized carbons (Fsp3) is 0.500. The number of rotatable bonds is 4. The summed E-state index contributed by atoms with van der Waals surface area (Å²) in [6, 6.07) is 10.5. The van der Waals surface area contributed by atoms with Crippen LogP contribution in [0.4, 0.5) is 0 Å².